The van der Waals surface area contributed by atoms with E-state index in [1.165, 1.54) is 37.2 Å². The average Bonchev–Trinajstić information content (AvgIpc) is 2.10. The third-order valence-corrected chi connectivity index (χ3v) is 5.28. The highest BCUT2D eigenvalue weighted by molar-refractivity contribution is 7.99. The third kappa shape index (κ3) is 7.12. The van der Waals surface area contributed by atoms with Crippen LogP contribution < -0.4 is 0 Å². The van der Waals surface area contributed by atoms with Crippen LogP contribution in [0.3, 0.4) is 0 Å². The van der Waals surface area contributed by atoms with E-state index in [2.05, 4.69) is 48.7 Å². The van der Waals surface area contributed by atoms with Gasteiger partial charge in [0.25, 0.3) is 0 Å². The fourth-order valence-corrected chi connectivity index (χ4v) is 2.73. The van der Waals surface area contributed by atoms with Crippen LogP contribution in [0, 0.1) is 5.41 Å². The lowest BCUT2D eigenvalue weighted by atomic mass is 9.92. The van der Waals surface area contributed by atoms with Gasteiger partial charge in [-0.1, -0.05) is 47.0 Å². The molecule has 2 heteroatoms. The molecule has 0 aromatic heterocycles. The van der Waals surface area contributed by atoms with Gasteiger partial charge in [-0.25, -0.2) is 0 Å². The van der Waals surface area contributed by atoms with E-state index in [-0.39, 0.29) is 0 Å². The van der Waals surface area contributed by atoms with E-state index in [1.807, 2.05) is 0 Å². The van der Waals surface area contributed by atoms with Crippen LogP contribution in [0.4, 0.5) is 0 Å². The van der Waals surface area contributed by atoms with E-state index < -0.39 is 0 Å². The van der Waals surface area contributed by atoms with Gasteiger partial charge in [0.15, 0.2) is 0 Å². The first-order valence-electron chi connectivity index (χ1n) is 5.84. The topological polar surface area (TPSA) is 0 Å². The third-order valence-electron chi connectivity index (χ3n) is 2.85. The van der Waals surface area contributed by atoms with Gasteiger partial charge in [-0.2, -0.15) is 11.8 Å². The first-order valence-corrected chi connectivity index (χ1v) is 7.66. The molecule has 2 atom stereocenters. The highest BCUT2D eigenvalue weighted by atomic mass is 32.2. The van der Waals surface area contributed by atoms with E-state index in [9.17, 15) is 0 Å². The second kappa shape index (κ2) is 7.99. The molecule has 0 N–H and O–H groups in total. The summed E-state index contributed by atoms with van der Waals surface area (Å²) < 4.78 is 0. The Morgan fingerprint density at radius 1 is 1.21 bits per heavy atom. The molecule has 0 aliphatic carbocycles. The molecule has 0 aromatic rings. The maximum absolute atomic E-state index is 2.93. The molecule has 2 unspecified atom stereocenters. The number of thioether (sulfide) groups is 1. The van der Waals surface area contributed by atoms with Crippen molar-refractivity contribution in [1.82, 2.24) is 0 Å². The van der Waals surface area contributed by atoms with Crippen LogP contribution in [-0.4, -0.2) is 17.2 Å². The van der Waals surface area contributed by atoms with Gasteiger partial charge in [0.1, 0.15) is 0 Å². The van der Waals surface area contributed by atoms with Gasteiger partial charge in [-0.15, -0.1) is 9.24 Å². The second-order valence-corrected chi connectivity index (χ2v) is 7.00. The first kappa shape index (κ1) is 14.8. The first-order chi connectivity index (χ1) is 6.50. The maximum Gasteiger partial charge on any atom is -0.00103 e. The molecule has 0 heterocycles. The zero-order valence-corrected chi connectivity index (χ0v) is 12.3. The van der Waals surface area contributed by atoms with Crippen LogP contribution in [-0.2, 0) is 0 Å². The minimum atomic E-state index is 0.472. The summed E-state index contributed by atoms with van der Waals surface area (Å²) in [6.07, 6.45) is 5.57. The zero-order chi connectivity index (χ0) is 11.0. The molecule has 86 valence electrons. The fourth-order valence-electron chi connectivity index (χ4n) is 1.10. The van der Waals surface area contributed by atoms with Gasteiger partial charge in [0.05, 0.1) is 0 Å². The lowest BCUT2D eigenvalue weighted by Crippen LogP contribution is -2.24. The molecule has 0 rings (SSSR count). The highest BCUT2D eigenvalue weighted by Gasteiger charge is 2.21. The van der Waals surface area contributed by atoms with Crippen molar-refractivity contribution in [3.63, 3.8) is 0 Å². The smallest absolute Gasteiger partial charge is 0.00103 e. The van der Waals surface area contributed by atoms with Gasteiger partial charge in [0, 0.05) is 0 Å². The van der Waals surface area contributed by atoms with E-state index in [0.29, 0.717) is 11.1 Å². The molecule has 0 bridgehead atoms. The van der Waals surface area contributed by atoms with Crippen molar-refractivity contribution in [2.45, 2.75) is 59.0 Å². The molecule has 0 saturated carbocycles. The minimum absolute atomic E-state index is 0.472. The summed E-state index contributed by atoms with van der Waals surface area (Å²) in [5.74, 6) is 2.64. The number of hydrogen-bond donors (Lipinski definition) is 0. The Kier molecular flexibility index (Phi) is 8.44. The van der Waals surface area contributed by atoms with Crippen molar-refractivity contribution in [1.29, 1.82) is 0 Å². The zero-order valence-electron chi connectivity index (χ0n) is 10.3. The number of unbranched alkanes of at least 4 members (excludes halogenated alkanes) is 3. The SMILES string of the molecule is CCCCCCSCC(C)(C)C(C)P. The molecule has 0 saturated heterocycles. The summed E-state index contributed by atoms with van der Waals surface area (Å²) in [6, 6.07) is 0. The van der Waals surface area contributed by atoms with Crippen molar-refractivity contribution < 1.29 is 0 Å². The van der Waals surface area contributed by atoms with Crippen molar-refractivity contribution in [3.8, 4) is 0 Å². The number of rotatable bonds is 8. The van der Waals surface area contributed by atoms with Gasteiger partial charge >= 0.3 is 0 Å². The van der Waals surface area contributed by atoms with Crippen molar-refractivity contribution >= 4 is 21.0 Å². The normalized spacial score (nSPS) is 14.4. The lowest BCUT2D eigenvalue weighted by Gasteiger charge is -2.28. The largest absolute Gasteiger partial charge is 0.161 e. The minimum Gasteiger partial charge on any atom is -0.161 e. The van der Waals surface area contributed by atoms with Crippen molar-refractivity contribution in [3.05, 3.63) is 0 Å². The second-order valence-electron chi connectivity index (χ2n) is 4.89. The molecule has 0 spiro atoms. The fraction of sp³-hybridized carbons (Fsp3) is 1.00. The Morgan fingerprint density at radius 3 is 2.36 bits per heavy atom. The summed E-state index contributed by atoms with van der Waals surface area (Å²) in [6.45, 7) is 9.29. The van der Waals surface area contributed by atoms with Gasteiger partial charge < -0.3 is 0 Å². The van der Waals surface area contributed by atoms with Gasteiger partial charge in [-0.05, 0) is 29.0 Å². The quantitative estimate of drug-likeness (QED) is 0.437. The summed E-state index contributed by atoms with van der Waals surface area (Å²) in [5, 5.41) is 0. The predicted octanol–water partition coefficient (Wildman–Crippen LogP) is 4.59. The number of hydrogen-bond acceptors (Lipinski definition) is 1. The maximum atomic E-state index is 2.93. The average molecular weight is 234 g/mol. The molecule has 0 fully saturated rings. The van der Waals surface area contributed by atoms with E-state index in [1.54, 1.807) is 0 Å². The summed E-state index contributed by atoms with van der Waals surface area (Å²) in [4.78, 5) is 0. The molecule has 0 radical (unpaired) electrons. The molecule has 0 aromatic carbocycles. The van der Waals surface area contributed by atoms with Crippen molar-refractivity contribution in [2.24, 2.45) is 5.41 Å². The van der Waals surface area contributed by atoms with Crippen LogP contribution in [0.1, 0.15) is 53.4 Å². The van der Waals surface area contributed by atoms with Crippen LogP contribution >= 0.6 is 21.0 Å². The van der Waals surface area contributed by atoms with Gasteiger partial charge in [-0.3, -0.25) is 0 Å². The Balaban J connectivity index is 3.35. The molecule has 0 amide bonds. The van der Waals surface area contributed by atoms with Crippen LogP contribution in [0.15, 0.2) is 0 Å². The molecule has 14 heavy (non-hydrogen) atoms. The summed E-state index contributed by atoms with van der Waals surface area (Å²) >= 11 is 2.13. The predicted molar refractivity (Wildman–Crippen MR) is 74.4 cm³/mol. The molecular weight excluding hydrogens is 207 g/mol. The van der Waals surface area contributed by atoms with Crippen LogP contribution in [0.2, 0.25) is 0 Å². The van der Waals surface area contributed by atoms with Crippen molar-refractivity contribution in [2.75, 3.05) is 11.5 Å². The van der Waals surface area contributed by atoms with E-state index in [4.69, 9.17) is 0 Å². The Morgan fingerprint density at radius 2 is 1.86 bits per heavy atom. The highest BCUT2D eigenvalue weighted by Crippen LogP contribution is 2.30. The monoisotopic (exact) mass is 234 g/mol. The molecule has 0 nitrogen and oxygen atoms in total. The Hall–Kier alpha value is 0.780. The Bertz CT molecular complexity index is 132. The molecule has 0 aliphatic heterocycles. The van der Waals surface area contributed by atoms with Gasteiger partial charge in [0.2, 0.25) is 0 Å². The molecular formula is C12H27PS. The van der Waals surface area contributed by atoms with Crippen LogP contribution in [0.25, 0.3) is 0 Å². The Labute approximate surface area is 97.2 Å². The molecule has 0 aliphatic rings. The lowest BCUT2D eigenvalue weighted by molar-refractivity contribution is 0.420. The standard InChI is InChI=1S/C12H27PS/c1-5-6-7-8-9-14-10-12(3,4)11(2)13/h11H,5-10,13H2,1-4H3. The van der Waals surface area contributed by atoms with E-state index in [0.717, 1.165) is 0 Å². The van der Waals surface area contributed by atoms with Crippen LogP contribution in [0.5, 0.6) is 0 Å². The summed E-state index contributed by atoms with van der Waals surface area (Å²) in [7, 11) is 2.93. The van der Waals surface area contributed by atoms with E-state index >= 15 is 0 Å². The summed E-state index contributed by atoms with van der Waals surface area (Å²) in [5.41, 5.74) is 1.19.